The molecule has 2 aromatic heterocycles. The fraction of sp³-hybridized carbons (Fsp3) is 0.160. The van der Waals surface area contributed by atoms with Crippen LogP contribution in [-0.4, -0.2) is 17.5 Å². The van der Waals surface area contributed by atoms with Gasteiger partial charge in [-0.2, -0.15) is 0 Å². The van der Waals surface area contributed by atoms with Crippen LogP contribution < -0.4 is 15.1 Å². The first kappa shape index (κ1) is 19.9. The van der Waals surface area contributed by atoms with E-state index in [1.54, 1.807) is 36.5 Å². The number of carbonyl (C=O) groups is 1. The summed E-state index contributed by atoms with van der Waals surface area (Å²) in [5.74, 6) is -0.00830. The highest BCUT2D eigenvalue weighted by molar-refractivity contribution is 6.10. The van der Waals surface area contributed by atoms with Gasteiger partial charge in [-0.05, 0) is 54.4 Å². The lowest BCUT2D eigenvalue weighted by atomic mass is 9.98. The first-order chi connectivity index (χ1) is 15.6. The molecule has 5 rings (SSSR count). The molecule has 1 unspecified atom stereocenters. The van der Waals surface area contributed by atoms with Gasteiger partial charge in [0.2, 0.25) is 5.76 Å². The molecule has 1 aliphatic rings. The summed E-state index contributed by atoms with van der Waals surface area (Å²) in [7, 11) is 0. The van der Waals surface area contributed by atoms with Crippen LogP contribution in [0.3, 0.4) is 0 Å². The second-order valence-corrected chi connectivity index (χ2v) is 7.50. The number of hydrogen-bond donors (Lipinski definition) is 0. The fourth-order valence-electron chi connectivity index (χ4n) is 3.96. The van der Waals surface area contributed by atoms with Crippen LogP contribution in [0.4, 0.5) is 10.2 Å². The van der Waals surface area contributed by atoms with Gasteiger partial charge < -0.3 is 9.15 Å². The number of rotatable bonds is 5. The predicted octanol–water partition coefficient (Wildman–Crippen LogP) is 4.87. The number of aromatic nitrogens is 1. The number of amides is 1. The van der Waals surface area contributed by atoms with Gasteiger partial charge in [0, 0.05) is 6.20 Å². The molecular weight excluding hydrogens is 411 g/mol. The minimum atomic E-state index is -0.767. The van der Waals surface area contributed by atoms with Crippen molar-refractivity contribution in [1.29, 1.82) is 0 Å². The molecule has 0 radical (unpaired) electrons. The third-order valence-electron chi connectivity index (χ3n) is 5.40. The number of ether oxygens (including phenoxy) is 1. The summed E-state index contributed by atoms with van der Waals surface area (Å²) in [5, 5.41) is 0.0901. The van der Waals surface area contributed by atoms with Crippen LogP contribution in [0.15, 0.2) is 76.1 Å². The van der Waals surface area contributed by atoms with Crippen LogP contribution in [0.5, 0.6) is 5.75 Å². The molecule has 0 saturated heterocycles. The topological polar surface area (TPSA) is 72.6 Å². The molecule has 7 heteroatoms. The van der Waals surface area contributed by atoms with Crippen molar-refractivity contribution in [3.63, 3.8) is 0 Å². The molecule has 0 aliphatic carbocycles. The van der Waals surface area contributed by atoms with Gasteiger partial charge in [-0.3, -0.25) is 14.5 Å². The van der Waals surface area contributed by atoms with Gasteiger partial charge in [0.05, 0.1) is 23.6 Å². The highest BCUT2D eigenvalue weighted by Crippen LogP contribution is 2.40. The number of benzene rings is 2. The van der Waals surface area contributed by atoms with Gasteiger partial charge in [-0.25, -0.2) is 9.37 Å². The zero-order chi connectivity index (χ0) is 22.2. The molecule has 1 amide bonds. The van der Waals surface area contributed by atoms with E-state index in [9.17, 15) is 14.0 Å². The summed E-state index contributed by atoms with van der Waals surface area (Å²) >= 11 is 0. The summed E-state index contributed by atoms with van der Waals surface area (Å²) in [6, 6.07) is 15.3. The van der Waals surface area contributed by atoms with E-state index in [-0.39, 0.29) is 22.3 Å². The van der Waals surface area contributed by atoms with E-state index in [4.69, 9.17) is 9.15 Å². The zero-order valence-electron chi connectivity index (χ0n) is 17.2. The Morgan fingerprint density at radius 2 is 1.91 bits per heavy atom. The lowest BCUT2D eigenvalue weighted by molar-refractivity contribution is 0.0970. The third-order valence-corrected chi connectivity index (χ3v) is 5.40. The van der Waals surface area contributed by atoms with Crippen molar-refractivity contribution in [3.8, 4) is 5.75 Å². The first-order valence-electron chi connectivity index (χ1n) is 10.3. The average Bonchev–Trinajstić information content (AvgIpc) is 3.11. The van der Waals surface area contributed by atoms with Crippen molar-refractivity contribution in [1.82, 2.24) is 4.98 Å². The van der Waals surface area contributed by atoms with Gasteiger partial charge in [-0.15, -0.1) is 0 Å². The van der Waals surface area contributed by atoms with Gasteiger partial charge in [0.1, 0.15) is 23.0 Å². The maximum atomic E-state index is 13.9. The van der Waals surface area contributed by atoms with Gasteiger partial charge in [0.15, 0.2) is 5.43 Å². The minimum Gasteiger partial charge on any atom is -0.494 e. The van der Waals surface area contributed by atoms with Crippen LogP contribution >= 0.6 is 0 Å². The molecule has 0 saturated carbocycles. The van der Waals surface area contributed by atoms with E-state index >= 15 is 0 Å². The van der Waals surface area contributed by atoms with Gasteiger partial charge in [-0.1, -0.05) is 25.1 Å². The van der Waals surface area contributed by atoms with Crippen molar-refractivity contribution >= 4 is 22.7 Å². The van der Waals surface area contributed by atoms with Crippen molar-refractivity contribution in [2.45, 2.75) is 19.4 Å². The Morgan fingerprint density at radius 1 is 1.09 bits per heavy atom. The van der Waals surface area contributed by atoms with Gasteiger partial charge in [0.25, 0.3) is 5.91 Å². The Bertz CT molecular complexity index is 1370. The summed E-state index contributed by atoms with van der Waals surface area (Å²) < 4.78 is 25.3. The monoisotopic (exact) mass is 430 g/mol. The van der Waals surface area contributed by atoms with E-state index in [1.165, 1.54) is 17.0 Å². The zero-order valence-corrected chi connectivity index (χ0v) is 17.2. The van der Waals surface area contributed by atoms with Crippen molar-refractivity contribution < 1.29 is 18.3 Å². The highest BCUT2D eigenvalue weighted by atomic mass is 19.1. The lowest BCUT2D eigenvalue weighted by Crippen LogP contribution is -2.30. The molecule has 160 valence electrons. The van der Waals surface area contributed by atoms with Crippen LogP contribution in [-0.2, 0) is 0 Å². The summed E-state index contributed by atoms with van der Waals surface area (Å²) in [5.41, 5.74) is 0.577. The van der Waals surface area contributed by atoms with E-state index in [1.807, 2.05) is 19.1 Å². The largest absolute Gasteiger partial charge is 0.494 e. The van der Waals surface area contributed by atoms with Crippen molar-refractivity contribution in [3.05, 3.63) is 99.8 Å². The van der Waals surface area contributed by atoms with Crippen LogP contribution in [0.2, 0.25) is 0 Å². The summed E-state index contributed by atoms with van der Waals surface area (Å²) in [4.78, 5) is 32.6. The van der Waals surface area contributed by atoms with Crippen LogP contribution in [0.1, 0.15) is 41.1 Å². The third kappa shape index (κ3) is 3.22. The number of anilines is 1. The number of halogens is 1. The molecule has 0 spiro atoms. The molecule has 0 bridgehead atoms. The number of hydrogen-bond acceptors (Lipinski definition) is 5. The Labute approximate surface area is 182 Å². The maximum Gasteiger partial charge on any atom is 0.296 e. The van der Waals surface area contributed by atoms with Crippen molar-refractivity contribution in [2.75, 3.05) is 11.5 Å². The Kier molecular flexibility index (Phi) is 4.93. The Hall–Kier alpha value is -4.00. The molecule has 6 nitrogen and oxygen atoms in total. The minimum absolute atomic E-state index is 0.0592. The summed E-state index contributed by atoms with van der Waals surface area (Å²) in [6.07, 6.45) is 2.45. The molecule has 1 aliphatic heterocycles. The molecule has 2 aromatic carbocycles. The van der Waals surface area contributed by atoms with Crippen LogP contribution in [0, 0.1) is 5.82 Å². The van der Waals surface area contributed by atoms with Crippen LogP contribution in [0.25, 0.3) is 11.0 Å². The normalized spacial score (nSPS) is 15.2. The second-order valence-electron chi connectivity index (χ2n) is 7.50. The molecular formula is C25H19FN2O4. The fourth-order valence-corrected chi connectivity index (χ4v) is 3.96. The molecule has 0 fully saturated rings. The number of fused-ring (bicyclic) bond motifs is 2. The molecule has 1 atom stereocenters. The standard InChI is InChI=1S/C25H19FN2O4/c1-2-13-31-17-9-6-15(7-10-17)22-21-23(29)18-14-16(26)8-11-19(18)32-24(21)25(30)28(22)20-5-3-4-12-27-20/h3-12,14,22H,2,13H2,1H3. The molecule has 0 N–H and O–H groups in total. The lowest BCUT2D eigenvalue weighted by Gasteiger charge is -2.24. The second kappa shape index (κ2) is 7.92. The molecule has 4 aromatic rings. The van der Waals surface area contributed by atoms with E-state index in [2.05, 4.69) is 4.98 Å². The van der Waals surface area contributed by atoms with E-state index in [0.717, 1.165) is 12.5 Å². The SMILES string of the molecule is CCCOc1ccc(C2c3c(oc4ccc(F)cc4c3=O)C(=O)N2c2ccccn2)cc1. The van der Waals surface area contributed by atoms with Gasteiger partial charge >= 0.3 is 0 Å². The molecule has 3 heterocycles. The number of pyridine rings is 1. The van der Waals surface area contributed by atoms with Crippen molar-refractivity contribution in [2.24, 2.45) is 0 Å². The smallest absolute Gasteiger partial charge is 0.296 e. The highest BCUT2D eigenvalue weighted by Gasteiger charge is 2.44. The number of carbonyl (C=O) groups excluding carboxylic acids is 1. The first-order valence-corrected chi connectivity index (χ1v) is 10.3. The summed E-state index contributed by atoms with van der Waals surface area (Å²) in [6.45, 7) is 2.61. The average molecular weight is 430 g/mol. The Morgan fingerprint density at radius 3 is 2.62 bits per heavy atom. The molecule has 32 heavy (non-hydrogen) atoms. The van der Waals surface area contributed by atoms with E-state index in [0.29, 0.717) is 23.7 Å². The maximum absolute atomic E-state index is 13.9. The predicted molar refractivity (Wildman–Crippen MR) is 118 cm³/mol. The van der Waals surface area contributed by atoms with E-state index < -0.39 is 23.2 Å². The number of nitrogens with zero attached hydrogens (tertiary/aromatic N) is 2. The quantitative estimate of drug-likeness (QED) is 0.452. The Balaban J connectivity index is 1.72.